The Labute approximate surface area is 168 Å². The number of nitrogens with zero attached hydrogens (tertiary/aromatic N) is 1. The van der Waals surface area contributed by atoms with E-state index in [1.54, 1.807) is 0 Å². The van der Waals surface area contributed by atoms with Gasteiger partial charge < -0.3 is 10.0 Å². The molecule has 0 aromatic heterocycles. The van der Waals surface area contributed by atoms with E-state index in [9.17, 15) is 19.5 Å². The van der Waals surface area contributed by atoms with Gasteiger partial charge in [0.2, 0.25) is 5.91 Å². The Hall–Kier alpha value is -0.383. The molecule has 2 saturated heterocycles. The smallest absolute Gasteiger partial charge is 0.354 e. The van der Waals surface area contributed by atoms with Crippen molar-refractivity contribution in [3.63, 3.8) is 0 Å². The summed E-state index contributed by atoms with van der Waals surface area (Å²) in [6.07, 6.45) is 0.701. The predicted octanol–water partition coefficient (Wildman–Crippen LogP) is 5.20. The van der Waals surface area contributed by atoms with E-state index in [1.807, 2.05) is 18.1 Å². The highest BCUT2D eigenvalue weighted by Crippen LogP contribution is 2.52. The average Bonchev–Trinajstić information content (AvgIpc) is 2.44. The summed E-state index contributed by atoms with van der Waals surface area (Å²) in [7, 11) is -1.62. The lowest BCUT2D eigenvalue weighted by molar-refractivity contribution is -0.156. The highest BCUT2D eigenvalue weighted by atomic mass is 32.4. The molecule has 1 amide bonds. The van der Waals surface area contributed by atoms with Crippen molar-refractivity contribution in [3.8, 4) is 0 Å². The molecule has 0 spiro atoms. The number of thioether (sulfide) groups is 2. The van der Waals surface area contributed by atoms with Gasteiger partial charge in [-0.2, -0.15) is 11.2 Å². The molecule has 2 rings (SSSR count). The molecule has 1 N–H and O–H groups in total. The van der Waals surface area contributed by atoms with Crippen LogP contribution < -0.4 is 0 Å². The van der Waals surface area contributed by atoms with Crippen LogP contribution in [-0.4, -0.2) is 44.8 Å². The molecule has 0 radical (unpaired) electrons. The zero-order valence-corrected chi connectivity index (χ0v) is 19.7. The van der Waals surface area contributed by atoms with Crippen molar-refractivity contribution < 1.29 is 19.5 Å². The maximum atomic E-state index is 12.9. The third kappa shape index (κ3) is 3.91. The van der Waals surface area contributed by atoms with Crippen molar-refractivity contribution in [3.05, 3.63) is 9.93 Å². The summed E-state index contributed by atoms with van der Waals surface area (Å²) in [6, 6.07) is -0.120. The van der Waals surface area contributed by atoms with Gasteiger partial charge in [-0.3, -0.25) is 9.59 Å². The van der Waals surface area contributed by atoms with Crippen LogP contribution in [0, 0.1) is 5.92 Å². The van der Waals surface area contributed by atoms with Crippen molar-refractivity contribution >= 4 is 58.3 Å². The summed E-state index contributed by atoms with van der Waals surface area (Å²) in [4.78, 5) is 37.3. The van der Waals surface area contributed by atoms with Crippen LogP contribution in [0.1, 0.15) is 41.0 Å². The largest absolute Gasteiger partial charge is 0.477 e. The van der Waals surface area contributed by atoms with E-state index in [0.717, 1.165) is 23.5 Å². The van der Waals surface area contributed by atoms with Crippen molar-refractivity contribution in [2.24, 2.45) is 5.92 Å². The van der Waals surface area contributed by atoms with Gasteiger partial charge in [-0.25, -0.2) is 4.79 Å². The van der Waals surface area contributed by atoms with Gasteiger partial charge in [0.15, 0.2) is 5.70 Å². The SMILES string of the molecule is CC[C@@H]1[C@H]([C@@H](C)S[Si](C)(C)C(C)(C)C)C(=O)N1C(C(=O)O)=C1SC(=O)S1. The first-order valence-electron chi connectivity index (χ1n) is 8.70. The van der Waals surface area contributed by atoms with E-state index < -0.39 is 13.2 Å². The van der Waals surface area contributed by atoms with Gasteiger partial charge in [-0.1, -0.05) is 47.7 Å². The first-order valence-corrected chi connectivity index (χ1v) is 14.9. The van der Waals surface area contributed by atoms with Crippen LogP contribution in [-0.2, 0) is 9.59 Å². The van der Waals surface area contributed by atoms with Gasteiger partial charge >= 0.3 is 5.97 Å². The minimum atomic E-state index is -1.62. The Morgan fingerprint density at radius 1 is 1.31 bits per heavy atom. The fourth-order valence-electron chi connectivity index (χ4n) is 3.05. The number of likely N-dealkylation sites (tertiary alicyclic amines) is 1. The van der Waals surface area contributed by atoms with Crippen LogP contribution in [0.25, 0.3) is 0 Å². The van der Waals surface area contributed by atoms with Crippen molar-refractivity contribution in [1.82, 2.24) is 4.90 Å². The Morgan fingerprint density at radius 2 is 1.85 bits per heavy atom. The van der Waals surface area contributed by atoms with Crippen LogP contribution in [0.3, 0.4) is 0 Å². The summed E-state index contributed by atoms with van der Waals surface area (Å²) in [6.45, 7) is 15.5. The van der Waals surface area contributed by atoms with E-state index in [0.29, 0.717) is 10.7 Å². The lowest BCUT2D eigenvalue weighted by Crippen LogP contribution is -2.64. The van der Waals surface area contributed by atoms with Crippen LogP contribution >= 0.6 is 34.7 Å². The summed E-state index contributed by atoms with van der Waals surface area (Å²) in [5.74, 6) is -1.43. The van der Waals surface area contributed by atoms with E-state index in [4.69, 9.17) is 0 Å². The summed E-state index contributed by atoms with van der Waals surface area (Å²) < 4.78 is 0.302. The lowest BCUT2D eigenvalue weighted by atomic mass is 9.82. The number of carbonyl (C=O) groups excluding carboxylic acids is 2. The normalized spacial score (nSPS) is 24.9. The van der Waals surface area contributed by atoms with E-state index in [2.05, 4.69) is 40.8 Å². The van der Waals surface area contributed by atoms with Crippen LogP contribution in [0.4, 0.5) is 4.79 Å². The Kier molecular flexibility index (Phi) is 6.37. The second-order valence-corrected chi connectivity index (χ2v) is 19.9. The summed E-state index contributed by atoms with van der Waals surface area (Å²) in [5, 5.41) is 9.95. The van der Waals surface area contributed by atoms with Gasteiger partial charge in [-0.05, 0) is 35.0 Å². The second kappa shape index (κ2) is 7.56. The third-order valence-corrected chi connectivity index (χ3v) is 17.1. The molecule has 9 heteroatoms. The number of β-lactam (4-membered cyclic amide) rings is 1. The highest BCUT2D eigenvalue weighted by molar-refractivity contribution is 8.57. The molecule has 0 aromatic carbocycles. The van der Waals surface area contributed by atoms with Crippen molar-refractivity contribution in [2.75, 3.05) is 0 Å². The maximum absolute atomic E-state index is 12.9. The van der Waals surface area contributed by atoms with Crippen molar-refractivity contribution in [2.45, 2.75) is 70.5 Å². The zero-order valence-electron chi connectivity index (χ0n) is 16.3. The number of rotatable bonds is 6. The molecule has 2 aliphatic heterocycles. The number of aliphatic carboxylic acids is 1. The first-order chi connectivity index (χ1) is 11.8. The van der Waals surface area contributed by atoms with E-state index in [-0.39, 0.29) is 38.3 Å². The number of hydrogen-bond donors (Lipinski definition) is 1. The number of carbonyl (C=O) groups is 3. The van der Waals surface area contributed by atoms with Gasteiger partial charge in [0, 0.05) is 11.3 Å². The summed E-state index contributed by atoms with van der Waals surface area (Å²) in [5.41, 5.74) is -0.0165. The molecule has 0 aromatic rings. The molecule has 0 aliphatic carbocycles. The molecule has 0 saturated carbocycles. The number of carboxylic acids is 1. The molecular formula is C17H27NO4S3Si. The molecule has 26 heavy (non-hydrogen) atoms. The van der Waals surface area contributed by atoms with E-state index >= 15 is 0 Å². The molecule has 2 heterocycles. The molecule has 146 valence electrons. The van der Waals surface area contributed by atoms with Crippen LogP contribution in [0.5, 0.6) is 0 Å². The van der Waals surface area contributed by atoms with Gasteiger partial charge in [0.25, 0.3) is 4.45 Å². The maximum Gasteiger partial charge on any atom is 0.354 e. The molecule has 3 atom stereocenters. The fourth-order valence-corrected chi connectivity index (χ4v) is 10.7. The topological polar surface area (TPSA) is 74.7 Å². The average molecular weight is 434 g/mol. The lowest BCUT2D eigenvalue weighted by Gasteiger charge is -2.51. The number of amides is 1. The van der Waals surface area contributed by atoms with Crippen molar-refractivity contribution in [1.29, 1.82) is 0 Å². The molecule has 5 nitrogen and oxygen atoms in total. The van der Waals surface area contributed by atoms with Crippen LogP contribution in [0.15, 0.2) is 9.93 Å². The van der Waals surface area contributed by atoms with Gasteiger partial charge in [0.05, 0.1) is 10.2 Å². The minimum Gasteiger partial charge on any atom is -0.477 e. The van der Waals surface area contributed by atoms with Gasteiger partial charge in [-0.15, -0.1) is 0 Å². The standard InChI is InChI=1S/C17H27NO4S3Si/c1-8-10-11(9(2)25-26(6,7)17(3,4)5)13(19)18(10)12(14(20)21)15-23-16(22)24-15/h9-11H,8H2,1-7H3,(H,20,21)/t9-,10-,11+/m1/s1. The molecule has 0 unspecified atom stereocenters. The summed E-state index contributed by atoms with van der Waals surface area (Å²) >= 11 is 3.75. The third-order valence-electron chi connectivity index (χ3n) is 5.47. The molecule has 2 fully saturated rings. The Balaban J connectivity index is 2.22. The minimum absolute atomic E-state index is 0.0165. The molecule has 2 aliphatic rings. The molecule has 0 bridgehead atoms. The zero-order chi connectivity index (χ0) is 20.0. The first kappa shape index (κ1) is 21.9. The number of carboxylic acid groups (broad SMARTS) is 1. The predicted molar refractivity (Wildman–Crippen MR) is 114 cm³/mol. The molecular weight excluding hydrogens is 406 g/mol. The quantitative estimate of drug-likeness (QED) is 0.350. The Morgan fingerprint density at radius 3 is 2.23 bits per heavy atom. The Bertz CT molecular complexity index is 661. The number of hydrogen-bond acceptors (Lipinski definition) is 6. The monoisotopic (exact) mass is 433 g/mol. The van der Waals surface area contributed by atoms with Crippen LogP contribution in [0.2, 0.25) is 18.1 Å². The fraction of sp³-hybridized carbons (Fsp3) is 0.706. The van der Waals surface area contributed by atoms with Gasteiger partial charge in [0.1, 0.15) is 7.22 Å². The highest BCUT2D eigenvalue weighted by Gasteiger charge is 2.54. The van der Waals surface area contributed by atoms with E-state index in [1.165, 1.54) is 4.90 Å². The second-order valence-electron chi connectivity index (χ2n) is 8.19.